The molecule has 1 aliphatic carbocycles. The SMILES string of the molecule is CCCNC(CC1(OC)CCC1)c1ccnn1CC. The molecule has 1 aliphatic rings. The van der Waals surface area contributed by atoms with E-state index in [1.807, 2.05) is 13.3 Å². The fraction of sp³-hybridized carbons (Fsp3) is 0.800. The third-order valence-electron chi connectivity index (χ3n) is 4.32. The number of aromatic nitrogens is 2. The third-order valence-corrected chi connectivity index (χ3v) is 4.32. The van der Waals surface area contributed by atoms with Gasteiger partial charge in [0, 0.05) is 19.9 Å². The molecule has 0 spiro atoms. The van der Waals surface area contributed by atoms with Gasteiger partial charge in [0.2, 0.25) is 0 Å². The lowest BCUT2D eigenvalue weighted by molar-refractivity contribution is -0.0842. The summed E-state index contributed by atoms with van der Waals surface area (Å²) in [5.41, 5.74) is 1.38. The summed E-state index contributed by atoms with van der Waals surface area (Å²) in [5, 5.41) is 8.06. The molecule has 0 radical (unpaired) electrons. The Kier molecular flexibility index (Phi) is 4.99. The van der Waals surface area contributed by atoms with E-state index in [9.17, 15) is 0 Å². The Morgan fingerprint density at radius 3 is 2.79 bits per heavy atom. The minimum atomic E-state index is 0.0915. The second-order valence-corrected chi connectivity index (χ2v) is 5.52. The molecule has 2 rings (SSSR count). The van der Waals surface area contributed by atoms with Gasteiger partial charge in [-0.1, -0.05) is 6.92 Å². The summed E-state index contributed by atoms with van der Waals surface area (Å²) in [6, 6.07) is 2.49. The number of aryl methyl sites for hydroxylation is 1. The molecule has 1 N–H and O–H groups in total. The van der Waals surface area contributed by atoms with Crippen molar-refractivity contribution in [3.05, 3.63) is 18.0 Å². The van der Waals surface area contributed by atoms with Crippen LogP contribution in [0.4, 0.5) is 0 Å². The smallest absolute Gasteiger partial charge is 0.0697 e. The Balaban J connectivity index is 2.11. The molecule has 4 nitrogen and oxygen atoms in total. The topological polar surface area (TPSA) is 39.1 Å². The zero-order valence-corrected chi connectivity index (χ0v) is 12.5. The van der Waals surface area contributed by atoms with Gasteiger partial charge >= 0.3 is 0 Å². The summed E-state index contributed by atoms with van der Waals surface area (Å²) in [4.78, 5) is 0. The molecule has 1 saturated carbocycles. The maximum absolute atomic E-state index is 5.79. The third kappa shape index (κ3) is 3.18. The van der Waals surface area contributed by atoms with Crippen molar-refractivity contribution in [2.75, 3.05) is 13.7 Å². The van der Waals surface area contributed by atoms with E-state index < -0.39 is 0 Å². The molecule has 1 fully saturated rings. The van der Waals surface area contributed by atoms with Crippen LogP contribution in [0.15, 0.2) is 12.3 Å². The number of ether oxygens (including phenoxy) is 1. The second kappa shape index (κ2) is 6.53. The zero-order valence-electron chi connectivity index (χ0n) is 12.5. The molecule has 1 atom stereocenters. The molecule has 0 amide bonds. The van der Waals surface area contributed by atoms with Gasteiger partial charge in [-0.05, 0) is 51.6 Å². The highest BCUT2D eigenvalue weighted by molar-refractivity contribution is 5.10. The Hall–Kier alpha value is -0.870. The Labute approximate surface area is 116 Å². The number of methoxy groups -OCH3 is 1. The summed E-state index contributed by atoms with van der Waals surface area (Å²) in [5.74, 6) is 0. The van der Waals surface area contributed by atoms with Crippen molar-refractivity contribution in [3.63, 3.8) is 0 Å². The van der Waals surface area contributed by atoms with Crippen LogP contribution in [0, 0.1) is 0 Å². The molecule has 0 saturated heterocycles. The number of nitrogens with one attached hydrogen (secondary N) is 1. The van der Waals surface area contributed by atoms with E-state index in [0.717, 1.165) is 25.9 Å². The van der Waals surface area contributed by atoms with Crippen molar-refractivity contribution >= 4 is 0 Å². The van der Waals surface area contributed by atoms with Crippen LogP contribution >= 0.6 is 0 Å². The quantitative estimate of drug-likeness (QED) is 0.785. The number of nitrogens with zero attached hydrogens (tertiary/aromatic N) is 2. The van der Waals surface area contributed by atoms with Crippen LogP contribution in [0.25, 0.3) is 0 Å². The van der Waals surface area contributed by atoms with Crippen LogP contribution in [-0.4, -0.2) is 29.0 Å². The largest absolute Gasteiger partial charge is 0.378 e. The Morgan fingerprint density at radius 2 is 2.26 bits per heavy atom. The van der Waals surface area contributed by atoms with Crippen molar-refractivity contribution in [1.29, 1.82) is 0 Å². The van der Waals surface area contributed by atoms with Crippen LogP contribution < -0.4 is 5.32 Å². The van der Waals surface area contributed by atoms with Gasteiger partial charge in [0.1, 0.15) is 0 Å². The predicted molar refractivity (Wildman–Crippen MR) is 77.1 cm³/mol. The van der Waals surface area contributed by atoms with Crippen molar-refractivity contribution in [2.45, 2.75) is 64.1 Å². The Bertz CT molecular complexity index is 379. The second-order valence-electron chi connectivity index (χ2n) is 5.52. The van der Waals surface area contributed by atoms with E-state index in [2.05, 4.69) is 35.0 Å². The molecular formula is C15H27N3O. The number of hydrogen-bond acceptors (Lipinski definition) is 3. The standard InChI is InChI=1S/C15H27N3O/c1-4-10-16-13(12-15(19-3)8-6-9-15)14-7-11-17-18(14)5-2/h7,11,13,16H,4-6,8-10,12H2,1-3H3. The summed E-state index contributed by atoms with van der Waals surface area (Å²) >= 11 is 0. The first-order chi connectivity index (χ1) is 9.24. The van der Waals surface area contributed by atoms with Gasteiger partial charge in [0.25, 0.3) is 0 Å². The number of rotatable bonds is 8. The first-order valence-electron chi connectivity index (χ1n) is 7.55. The van der Waals surface area contributed by atoms with E-state index in [-0.39, 0.29) is 5.60 Å². The molecule has 1 unspecified atom stereocenters. The van der Waals surface area contributed by atoms with E-state index in [1.165, 1.54) is 25.0 Å². The maximum Gasteiger partial charge on any atom is 0.0697 e. The van der Waals surface area contributed by atoms with Crippen molar-refractivity contribution in [3.8, 4) is 0 Å². The summed E-state index contributed by atoms with van der Waals surface area (Å²) < 4.78 is 7.88. The average molecular weight is 265 g/mol. The molecule has 4 heteroatoms. The fourth-order valence-electron chi connectivity index (χ4n) is 2.94. The highest BCUT2D eigenvalue weighted by Crippen LogP contribution is 2.41. The van der Waals surface area contributed by atoms with Gasteiger partial charge in [0.05, 0.1) is 17.3 Å². The molecule has 0 aromatic carbocycles. The van der Waals surface area contributed by atoms with Crippen LogP contribution in [0.5, 0.6) is 0 Å². The van der Waals surface area contributed by atoms with Crippen molar-refractivity contribution < 1.29 is 4.74 Å². The minimum absolute atomic E-state index is 0.0915. The van der Waals surface area contributed by atoms with Gasteiger partial charge in [-0.2, -0.15) is 5.10 Å². The first-order valence-corrected chi connectivity index (χ1v) is 7.55. The van der Waals surface area contributed by atoms with Crippen LogP contribution in [0.2, 0.25) is 0 Å². The molecule has 19 heavy (non-hydrogen) atoms. The van der Waals surface area contributed by atoms with E-state index in [4.69, 9.17) is 4.74 Å². The van der Waals surface area contributed by atoms with E-state index in [0.29, 0.717) is 6.04 Å². The monoisotopic (exact) mass is 265 g/mol. The molecule has 1 aromatic heterocycles. The van der Waals surface area contributed by atoms with Crippen LogP contribution in [-0.2, 0) is 11.3 Å². The van der Waals surface area contributed by atoms with Gasteiger partial charge in [-0.15, -0.1) is 0 Å². The summed E-state index contributed by atoms with van der Waals surface area (Å²) in [6.07, 6.45) is 7.77. The zero-order chi connectivity index (χ0) is 13.7. The molecule has 0 bridgehead atoms. The highest BCUT2D eigenvalue weighted by Gasteiger charge is 2.39. The van der Waals surface area contributed by atoms with Crippen LogP contribution in [0.1, 0.15) is 57.7 Å². The molecule has 108 valence electrons. The van der Waals surface area contributed by atoms with E-state index in [1.54, 1.807) is 0 Å². The maximum atomic E-state index is 5.79. The van der Waals surface area contributed by atoms with Gasteiger partial charge in [0.15, 0.2) is 0 Å². The molecule has 0 aliphatic heterocycles. The summed E-state index contributed by atoms with van der Waals surface area (Å²) in [6.45, 7) is 6.31. The minimum Gasteiger partial charge on any atom is -0.378 e. The van der Waals surface area contributed by atoms with Crippen molar-refractivity contribution in [2.24, 2.45) is 0 Å². The van der Waals surface area contributed by atoms with Crippen molar-refractivity contribution in [1.82, 2.24) is 15.1 Å². The van der Waals surface area contributed by atoms with Crippen LogP contribution in [0.3, 0.4) is 0 Å². The lowest BCUT2D eigenvalue weighted by atomic mass is 9.75. The highest BCUT2D eigenvalue weighted by atomic mass is 16.5. The molecular weight excluding hydrogens is 238 g/mol. The van der Waals surface area contributed by atoms with Gasteiger partial charge in [-0.3, -0.25) is 4.68 Å². The lowest BCUT2D eigenvalue weighted by Crippen LogP contribution is -2.43. The predicted octanol–water partition coefficient (Wildman–Crippen LogP) is 2.90. The first kappa shape index (κ1) is 14.5. The normalized spacial score (nSPS) is 19.1. The molecule has 1 heterocycles. The van der Waals surface area contributed by atoms with Gasteiger partial charge < -0.3 is 10.1 Å². The lowest BCUT2D eigenvalue weighted by Gasteiger charge is -2.43. The average Bonchev–Trinajstić information content (AvgIpc) is 2.85. The van der Waals surface area contributed by atoms with Gasteiger partial charge in [-0.25, -0.2) is 0 Å². The fourth-order valence-corrected chi connectivity index (χ4v) is 2.94. The van der Waals surface area contributed by atoms with E-state index >= 15 is 0 Å². The summed E-state index contributed by atoms with van der Waals surface area (Å²) in [7, 11) is 1.85. The number of hydrogen-bond donors (Lipinski definition) is 1. The molecule has 1 aromatic rings. The Morgan fingerprint density at radius 1 is 1.47 bits per heavy atom.